The third-order valence-electron chi connectivity index (χ3n) is 9.78. The Morgan fingerprint density at radius 3 is 1.57 bits per heavy atom. The van der Waals surface area contributed by atoms with Gasteiger partial charge in [-0.15, -0.1) is 0 Å². The average molecular weight is 696 g/mol. The van der Waals surface area contributed by atoms with Gasteiger partial charge in [-0.2, -0.15) is 8.75 Å². The Balaban J connectivity index is 1.10. The van der Waals surface area contributed by atoms with Gasteiger partial charge < -0.3 is 0 Å². The van der Waals surface area contributed by atoms with Gasteiger partial charge in [-0.3, -0.25) is 0 Å². The first-order chi connectivity index (χ1) is 26.3. The van der Waals surface area contributed by atoms with Crippen molar-refractivity contribution in [3.8, 4) is 67.4 Å². The summed E-state index contributed by atoms with van der Waals surface area (Å²) in [5.74, 6) is 0.683. The fourth-order valence-electron chi connectivity index (χ4n) is 7.14. The summed E-state index contributed by atoms with van der Waals surface area (Å²) in [6.07, 6.45) is 0. The van der Waals surface area contributed by atoms with E-state index in [1.807, 2.05) is 36.4 Å². The van der Waals surface area contributed by atoms with Gasteiger partial charge in [0.15, 0.2) is 5.82 Å². The molecule has 0 atom stereocenters. The van der Waals surface area contributed by atoms with Crippen LogP contribution >= 0.6 is 11.7 Å². The molecule has 0 aliphatic heterocycles. The average Bonchev–Trinajstić information content (AvgIpc) is 3.74. The van der Waals surface area contributed by atoms with Crippen LogP contribution in [0, 0.1) is 0 Å². The van der Waals surface area contributed by atoms with Crippen LogP contribution in [0.15, 0.2) is 176 Å². The highest BCUT2D eigenvalue weighted by molar-refractivity contribution is 7.00. The van der Waals surface area contributed by atoms with E-state index in [-0.39, 0.29) is 0 Å². The Morgan fingerprint density at radius 2 is 0.868 bits per heavy atom. The van der Waals surface area contributed by atoms with Crippen molar-refractivity contribution in [2.45, 2.75) is 0 Å². The number of benzene rings is 7. The van der Waals surface area contributed by atoms with Gasteiger partial charge in [-0.25, -0.2) is 15.0 Å². The third-order valence-corrected chi connectivity index (χ3v) is 10.3. The van der Waals surface area contributed by atoms with Crippen LogP contribution in [0.2, 0.25) is 0 Å². The first-order valence-corrected chi connectivity index (χ1v) is 18.2. The zero-order valence-corrected chi connectivity index (χ0v) is 29.2. The summed E-state index contributed by atoms with van der Waals surface area (Å²) in [5, 5.41) is 3.21. The fourth-order valence-corrected chi connectivity index (χ4v) is 7.71. The second-order valence-corrected chi connectivity index (χ2v) is 13.5. The molecule has 0 spiro atoms. The molecular formula is C47H29N5S. The van der Waals surface area contributed by atoms with E-state index >= 15 is 0 Å². The van der Waals surface area contributed by atoms with Crippen molar-refractivity contribution in [1.82, 2.24) is 23.7 Å². The summed E-state index contributed by atoms with van der Waals surface area (Å²) >= 11 is 1.25. The maximum Gasteiger partial charge on any atom is 0.160 e. The van der Waals surface area contributed by atoms with Crippen LogP contribution in [0.25, 0.3) is 100 Å². The van der Waals surface area contributed by atoms with Crippen molar-refractivity contribution >= 4 is 44.4 Å². The molecule has 3 heterocycles. The topological polar surface area (TPSA) is 64.5 Å². The number of hydrogen-bond acceptors (Lipinski definition) is 6. The molecule has 248 valence electrons. The first-order valence-electron chi connectivity index (χ1n) is 17.5. The Morgan fingerprint density at radius 1 is 0.358 bits per heavy atom. The Labute approximate surface area is 310 Å². The van der Waals surface area contributed by atoms with Gasteiger partial charge in [0.2, 0.25) is 0 Å². The minimum absolute atomic E-state index is 0.683. The van der Waals surface area contributed by atoms with Gasteiger partial charge in [0.25, 0.3) is 0 Å². The van der Waals surface area contributed by atoms with Crippen LogP contribution < -0.4 is 0 Å². The zero-order chi connectivity index (χ0) is 35.1. The molecule has 0 amide bonds. The van der Waals surface area contributed by atoms with E-state index in [1.54, 1.807) is 0 Å². The Bertz CT molecular complexity index is 2910. The number of pyridine rings is 1. The number of nitrogens with zero attached hydrogens (tertiary/aromatic N) is 5. The maximum atomic E-state index is 5.18. The van der Waals surface area contributed by atoms with Gasteiger partial charge in [-0.1, -0.05) is 158 Å². The summed E-state index contributed by atoms with van der Waals surface area (Å²) in [6, 6.07) is 60.8. The van der Waals surface area contributed by atoms with E-state index in [4.69, 9.17) is 23.7 Å². The quantitative estimate of drug-likeness (QED) is 0.162. The van der Waals surface area contributed by atoms with E-state index in [0.717, 1.165) is 88.7 Å². The minimum Gasteiger partial charge on any atom is -0.247 e. The molecule has 0 unspecified atom stereocenters. The van der Waals surface area contributed by atoms with E-state index in [1.165, 1.54) is 17.3 Å². The van der Waals surface area contributed by atoms with Crippen molar-refractivity contribution in [2.75, 3.05) is 0 Å². The molecule has 0 N–H and O–H groups in total. The molecule has 10 aromatic rings. The third kappa shape index (κ3) is 5.62. The Hall–Kier alpha value is -6.89. The lowest BCUT2D eigenvalue weighted by molar-refractivity contribution is 1.18. The standard InChI is InChI=1S/C47H29N5S/c1-4-12-30(13-5-1)31-20-26-36(27-21-31)47-49-41(33-14-6-2-7-15-33)29-42(50-47)34-24-22-32(23-25-34)38-28-39-43(46-45(38)51-53-52-46)37-18-10-11-19-40(37)48-44(39)35-16-8-3-9-17-35/h1-29H. The maximum absolute atomic E-state index is 5.18. The second-order valence-electron chi connectivity index (χ2n) is 13.0. The van der Waals surface area contributed by atoms with E-state index in [2.05, 4.69) is 140 Å². The lowest BCUT2D eigenvalue weighted by Gasteiger charge is -2.13. The molecule has 5 nitrogen and oxygen atoms in total. The van der Waals surface area contributed by atoms with Crippen molar-refractivity contribution in [2.24, 2.45) is 0 Å². The lowest BCUT2D eigenvalue weighted by atomic mass is 9.93. The number of rotatable bonds is 6. The van der Waals surface area contributed by atoms with Gasteiger partial charge in [0.1, 0.15) is 11.0 Å². The lowest BCUT2D eigenvalue weighted by Crippen LogP contribution is -1.96. The van der Waals surface area contributed by atoms with Crippen LogP contribution in [0.3, 0.4) is 0 Å². The van der Waals surface area contributed by atoms with Crippen LogP contribution in [-0.4, -0.2) is 23.7 Å². The molecule has 0 saturated heterocycles. The first kappa shape index (κ1) is 30.9. The summed E-state index contributed by atoms with van der Waals surface area (Å²) in [6.45, 7) is 0. The van der Waals surface area contributed by atoms with Crippen molar-refractivity contribution in [1.29, 1.82) is 0 Å². The summed E-state index contributed by atoms with van der Waals surface area (Å²) < 4.78 is 9.71. The van der Waals surface area contributed by atoms with Gasteiger partial charge >= 0.3 is 0 Å². The number of aromatic nitrogens is 5. The molecule has 7 aromatic carbocycles. The van der Waals surface area contributed by atoms with Crippen LogP contribution in [0.5, 0.6) is 0 Å². The zero-order valence-electron chi connectivity index (χ0n) is 28.4. The SMILES string of the molecule is c1ccc(-c2ccc(-c3nc(-c4ccccc4)cc(-c4ccc(-c5cc6c(-c7ccccc7)nc7ccccc7c6c6nsnc56)cc4)n3)cc2)cc1. The predicted octanol–water partition coefficient (Wildman–Crippen LogP) is 12.2. The Kier molecular flexibility index (Phi) is 7.59. The summed E-state index contributed by atoms with van der Waals surface area (Å²) in [5.41, 5.74) is 13.9. The van der Waals surface area contributed by atoms with E-state index < -0.39 is 0 Å². The largest absolute Gasteiger partial charge is 0.247 e. The van der Waals surface area contributed by atoms with Gasteiger partial charge in [0.05, 0.1) is 34.3 Å². The van der Waals surface area contributed by atoms with Crippen molar-refractivity contribution in [3.05, 3.63) is 176 Å². The molecule has 6 heteroatoms. The molecule has 0 aliphatic rings. The molecule has 53 heavy (non-hydrogen) atoms. The minimum atomic E-state index is 0.683. The van der Waals surface area contributed by atoms with Crippen LogP contribution in [-0.2, 0) is 0 Å². The number of fused-ring (bicyclic) bond motifs is 5. The fraction of sp³-hybridized carbons (Fsp3) is 0. The van der Waals surface area contributed by atoms with Gasteiger partial charge in [0, 0.05) is 44.0 Å². The second kappa shape index (κ2) is 13.0. The number of para-hydroxylation sites is 1. The van der Waals surface area contributed by atoms with Crippen molar-refractivity contribution in [3.63, 3.8) is 0 Å². The molecular weight excluding hydrogens is 667 g/mol. The van der Waals surface area contributed by atoms with Crippen LogP contribution in [0.1, 0.15) is 0 Å². The summed E-state index contributed by atoms with van der Waals surface area (Å²) in [7, 11) is 0. The monoisotopic (exact) mass is 695 g/mol. The molecule has 3 aromatic heterocycles. The highest BCUT2D eigenvalue weighted by Gasteiger charge is 2.19. The highest BCUT2D eigenvalue weighted by atomic mass is 32.1. The molecule has 0 bridgehead atoms. The molecule has 0 radical (unpaired) electrons. The van der Waals surface area contributed by atoms with Gasteiger partial charge in [-0.05, 0) is 34.9 Å². The van der Waals surface area contributed by atoms with Crippen LogP contribution in [0.4, 0.5) is 0 Å². The normalized spacial score (nSPS) is 11.4. The number of hydrogen-bond donors (Lipinski definition) is 0. The molecule has 0 saturated carbocycles. The predicted molar refractivity (Wildman–Crippen MR) is 218 cm³/mol. The highest BCUT2D eigenvalue weighted by Crippen LogP contribution is 2.41. The molecule has 10 rings (SSSR count). The molecule has 0 fully saturated rings. The van der Waals surface area contributed by atoms with E-state index in [9.17, 15) is 0 Å². The molecule has 0 aliphatic carbocycles. The van der Waals surface area contributed by atoms with E-state index in [0.29, 0.717) is 5.82 Å². The van der Waals surface area contributed by atoms with Crippen molar-refractivity contribution < 1.29 is 0 Å². The summed E-state index contributed by atoms with van der Waals surface area (Å²) in [4.78, 5) is 15.3. The smallest absolute Gasteiger partial charge is 0.160 e.